The summed E-state index contributed by atoms with van der Waals surface area (Å²) in [5.41, 5.74) is 0.700. The third kappa shape index (κ3) is 6.42. The summed E-state index contributed by atoms with van der Waals surface area (Å²) in [5, 5.41) is 12.2. The van der Waals surface area contributed by atoms with Crippen molar-refractivity contribution in [2.24, 2.45) is 0 Å². The standard InChI is InChI=1S/C24H19BrF3N5OS2/c1-2-10-33-21(18-8-3-4-9-19(18)25)31-32-23(33)35-14-20(34)30-22-29-13-17(36-22)12-15-6-5-7-16(11-15)24(26,27)28/h2-9,11,13H,1,10,12,14H2,(H,29,30,34). The number of carbonyl (C=O) groups excluding carboxylic acids is 1. The van der Waals surface area contributed by atoms with Crippen LogP contribution in [0.1, 0.15) is 16.0 Å². The van der Waals surface area contributed by atoms with Crippen LogP contribution >= 0.6 is 39.0 Å². The lowest BCUT2D eigenvalue weighted by molar-refractivity contribution is -0.137. The van der Waals surface area contributed by atoms with E-state index in [-0.39, 0.29) is 18.1 Å². The summed E-state index contributed by atoms with van der Waals surface area (Å²) in [4.78, 5) is 17.5. The molecule has 0 aliphatic carbocycles. The molecule has 0 aliphatic rings. The second-order valence-corrected chi connectivity index (χ2v) is 10.4. The van der Waals surface area contributed by atoms with Crippen molar-refractivity contribution in [3.8, 4) is 11.4 Å². The lowest BCUT2D eigenvalue weighted by Gasteiger charge is -2.09. The summed E-state index contributed by atoms with van der Waals surface area (Å²) in [7, 11) is 0. The predicted molar refractivity (Wildman–Crippen MR) is 139 cm³/mol. The van der Waals surface area contributed by atoms with E-state index in [2.05, 4.69) is 43.0 Å². The smallest absolute Gasteiger partial charge is 0.301 e. The van der Waals surface area contributed by atoms with Gasteiger partial charge in [0.1, 0.15) is 0 Å². The molecule has 0 saturated carbocycles. The number of hydrogen-bond acceptors (Lipinski definition) is 6. The minimum absolute atomic E-state index is 0.0772. The first-order valence-electron chi connectivity index (χ1n) is 10.6. The molecule has 0 bridgehead atoms. The molecule has 2 aromatic heterocycles. The van der Waals surface area contributed by atoms with Gasteiger partial charge < -0.3 is 5.32 Å². The van der Waals surface area contributed by atoms with Gasteiger partial charge in [-0.25, -0.2) is 4.98 Å². The average molecular weight is 594 g/mol. The Hall–Kier alpha value is -2.96. The van der Waals surface area contributed by atoms with Gasteiger partial charge in [-0.1, -0.05) is 70.2 Å². The van der Waals surface area contributed by atoms with Crippen LogP contribution in [0.15, 0.2) is 77.0 Å². The minimum atomic E-state index is -4.39. The number of anilines is 1. The second-order valence-electron chi connectivity index (χ2n) is 7.53. The molecule has 0 spiro atoms. The number of thiazole rings is 1. The van der Waals surface area contributed by atoms with Crippen LogP contribution in [0.4, 0.5) is 18.3 Å². The number of alkyl halides is 3. The van der Waals surface area contributed by atoms with Crippen LogP contribution in [0, 0.1) is 0 Å². The SMILES string of the molecule is C=CCn1c(SCC(=O)Nc2ncc(Cc3cccc(C(F)(F)F)c3)s2)nnc1-c1ccccc1Br. The third-order valence-corrected chi connectivity index (χ3v) is 7.48. The van der Waals surface area contributed by atoms with E-state index in [0.717, 1.165) is 27.0 Å². The number of halogens is 4. The van der Waals surface area contributed by atoms with E-state index in [9.17, 15) is 18.0 Å². The summed E-state index contributed by atoms with van der Waals surface area (Å²) in [6, 6.07) is 12.8. The Morgan fingerprint density at radius 2 is 2.00 bits per heavy atom. The maximum Gasteiger partial charge on any atom is 0.416 e. The van der Waals surface area contributed by atoms with Crippen LogP contribution in [0.2, 0.25) is 0 Å². The van der Waals surface area contributed by atoms with Crippen LogP contribution in [0.3, 0.4) is 0 Å². The zero-order valence-electron chi connectivity index (χ0n) is 18.6. The molecule has 1 amide bonds. The molecule has 0 aliphatic heterocycles. The van der Waals surface area contributed by atoms with E-state index in [1.165, 1.54) is 29.2 Å². The summed E-state index contributed by atoms with van der Waals surface area (Å²) in [6.45, 7) is 4.27. The Balaban J connectivity index is 1.38. The fourth-order valence-electron chi connectivity index (χ4n) is 3.32. The molecule has 4 rings (SSSR count). The molecule has 0 radical (unpaired) electrons. The number of aromatic nitrogens is 4. The highest BCUT2D eigenvalue weighted by Gasteiger charge is 2.30. The maximum atomic E-state index is 12.9. The summed E-state index contributed by atoms with van der Waals surface area (Å²) in [5.74, 6) is 0.452. The highest BCUT2D eigenvalue weighted by atomic mass is 79.9. The molecule has 6 nitrogen and oxygen atoms in total. The van der Waals surface area contributed by atoms with Crippen molar-refractivity contribution < 1.29 is 18.0 Å². The predicted octanol–water partition coefficient (Wildman–Crippen LogP) is 6.69. The average Bonchev–Trinajstić information content (AvgIpc) is 3.44. The zero-order chi connectivity index (χ0) is 25.7. The van der Waals surface area contributed by atoms with Crippen molar-refractivity contribution in [3.63, 3.8) is 0 Å². The number of rotatable bonds is 9. The fourth-order valence-corrected chi connectivity index (χ4v) is 5.39. The third-order valence-electron chi connectivity index (χ3n) is 4.91. The molecule has 0 atom stereocenters. The van der Waals surface area contributed by atoms with Crippen molar-refractivity contribution in [1.82, 2.24) is 19.7 Å². The number of allylic oxidation sites excluding steroid dienone is 1. The Bertz CT molecular complexity index is 1390. The fraction of sp³-hybridized carbons (Fsp3) is 0.167. The van der Waals surface area contributed by atoms with Crippen molar-refractivity contribution >= 4 is 50.1 Å². The number of nitrogens with zero attached hydrogens (tertiary/aromatic N) is 4. The van der Waals surface area contributed by atoms with E-state index >= 15 is 0 Å². The largest absolute Gasteiger partial charge is 0.416 e. The first-order valence-corrected chi connectivity index (χ1v) is 13.2. The summed E-state index contributed by atoms with van der Waals surface area (Å²) < 4.78 is 41.6. The lowest BCUT2D eigenvalue weighted by atomic mass is 10.1. The van der Waals surface area contributed by atoms with Crippen molar-refractivity contribution in [2.75, 3.05) is 11.1 Å². The van der Waals surface area contributed by atoms with Crippen molar-refractivity contribution in [3.05, 3.63) is 87.9 Å². The molecule has 0 saturated heterocycles. The van der Waals surface area contributed by atoms with Gasteiger partial charge in [-0.05, 0) is 17.7 Å². The Labute approximate surface area is 221 Å². The lowest BCUT2D eigenvalue weighted by Crippen LogP contribution is -2.14. The van der Waals surface area contributed by atoms with Crippen molar-refractivity contribution in [2.45, 2.75) is 24.3 Å². The van der Waals surface area contributed by atoms with Gasteiger partial charge in [0, 0.05) is 34.1 Å². The highest BCUT2D eigenvalue weighted by molar-refractivity contribution is 9.10. The number of carbonyl (C=O) groups is 1. The van der Waals surface area contributed by atoms with Crippen LogP contribution in [0.25, 0.3) is 11.4 Å². The minimum Gasteiger partial charge on any atom is -0.301 e. The molecule has 0 fully saturated rings. The molecule has 2 heterocycles. The van der Waals surface area contributed by atoms with Gasteiger partial charge in [0.2, 0.25) is 5.91 Å². The highest BCUT2D eigenvalue weighted by Crippen LogP contribution is 2.31. The van der Waals surface area contributed by atoms with E-state index < -0.39 is 11.7 Å². The molecule has 36 heavy (non-hydrogen) atoms. The molecule has 4 aromatic rings. The summed E-state index contributed by atoms with van der Waals surface area (Å²) >= 11 is 5.98. The Morgan fingerprint density at radius 1 is 1.19 bits per heavy atom. The van der Waals surface area contributed by atoms with E-state index in [4.69, 9.17) is 0 Å². The first kappa shape index (κ1) is 26.1. The Kier molecular flexibility index (Phi) is 8.27. The second kappa shape index (κ2) is 11.4. The molecule has 186 valence electrons. The number of benzene rings is 2. The van der Waals surface area contributed by atoms with E-state index in [0.29, 0.717) is 28.2 Å². The van der Waals surface area contributed by atoms with Gasteiger partial charge in [0.25, 0.3) is 0 Å². The molecule has 2 aromatic carbocycles. The van der Waals surface area contributed by atoms with Gasteiger partial charge in [0.05, 0.1) is 11.3 Å². The number of hydrogen-bond donors (Lipinski definition) is 1. The quantitative estimate of drug-likeness (QED) is 0.173. The maximum absolute atomic E-state index is 12.9. The van der Waals surface area contributed by atoms with E-state index in [1.807, 2.05) is 28.8 Å². The van der Waals surface area contributed by atoms with Crippen molar-refractivity contribution in [1.29, 1.82) is 0 Å². The topological polar surface area (TPSA) is 72.7 Å². The molecule has 0 unspecified atom stereocenters. The van der Waals surface area contributed by atoms with Gasteiger partial charge in [0.15, 0.2) is 16.1 Å². The molecule has 1 N–H and O–H groups in total. The number of nitrogens with one attached hydrogen (secondary N) is 1. The van der Waals surface area contributed by atoms with Gasteiger partial charge in [-0.3, -0.25) is 9.36 Å². The number of thioether (sulfide) groups is 1. The van der Waals surface area contributed by atoms with Gasteiger partial charge in [-0.15, -0.1) is 28.1 Å². The van der Waals surface area contributed by atoms with Crippen LogP contribution in [0.5, 0.6) is 0 Å². The van der Waals surface area contributed by atoms with Crippen LogP contribution in [-0.4, -0.2) is 31.4 Å². The zero-order valence-corrected chi connectivity index (χ0v) is 21.8. The number of amides is 1. The normalized spacial score (nSPS) is 11.4. The molecular weight excluding hydrogens is 575 g/mol. The van der Waals surface area contributed by atoms with Gasteiger partial charge in [-0.2, -0.15) is 13.2 Å². The van der Waals surface area contributed by atoms with Crippen LogP contribution in [-0.2, 0) is 23.9 Å². The summed E-state index contributed by atoms with van der Waals surface area (Å²) in [6.07, 6.45) is -0.822. The van der Waals surface area contributed by atoms with Crippen LogP contribution < -0.4 is 5.32 Å². The molecular formula is C24H19BrF3N5OS2. The first-order chi connectivity index (χ1) is 17.2. The Morgan fingerprint density at radius 3 is 2.75 bits per heavy atom. The molecule has 12 heteroatoms. The monoisotopic (exact) mass is 593 g/mol. The van der Waals surface area contributed by atoms with Gasteiger partial charge >= 0.3 is 6.18 Å². The van der Waals surface area contributed by atoms with E-state index in [1.54, 1.807) is 18.3 Å².